The maximum Gasteiger partial charge on any atom is 0.224 e. The summed E-state index contributed by atoms with van der Waals surface area (Å²) in [5, 5.41) is 7.15. The zero-order chi connectivity index (χ0) is 16.7. The molecule has 2 amide bonds. The Hall–Kier alpha value is -2.47. The van der Waals surface area contributed by atoms with Crippen molar-refractivity contribution in [1.29, 1.82) is 0 Å². The first-order valence-electron chi connectivity index (χ1n) is 7.24. The number of likely N-dealkylation sites (N-methyl/N-ethyl adjacent to an activating group) is 1. The molecule has 0 unspecified atom stereocenters. The largest absolute Gasteiger partial charge is 0.359 e. The first kappa shape index (κ1) is 16.9. The van der Waals surface area contributed by atoms with E-state index in [0.717, 1.165) is 5.56 Å². The number of thiophene rings is 1. The molecule has 0 spiro atoms. The molecule has 0 bridgehead atoms. The molecule has 0 aliphatic heterocycles. The molecule has 0 radical (unpaired) electrons. The average Bonchev–Trinajstić information content (AvgIpc) is 3.09. The lowest BCUT2D eigenvalue weighted by Crippen LogP contribution is -2.19. The van der Waals surface area contributed by atoms with Crippen LogP contribution in [-0.2, 0) is 16.0 Å². The van der Waals surface area contributed by atoms with Crippen LogP contribution < -0.4 is 10.6 Å². The van der Waals surface area contributed by atoms with Gasteiger partial charge in [-0.1, -0.05) is 18.2 Å². The molecule has 2 N–H and O–H groups in total. The molecular weight excluding hydrogens is 312 g/mol. The molecule has 120 valence electrons. The van der Waals surface area contributed by atoms with Gasteiger partial charge in [-0.2, -0.15) is 0 Å². The van der Waals surface area contributed by atoms with Gasteiger partial charge in [-0.25, -0.2) is 0 Å². The standard InChI is InChI=1S/C17H18N2O3S/c1-18-17(22)11-12-4-6-13(7-5-12)19-16(21)9-8-14(20)15-3-2-10-23-15/h2-7,10H,8-9,11H2,1H3,(H,18,22)(H,19,21). The number of benzene rings is 1. The van der Waals surface area contributed by atoms with Crippen molar-refractivity contribution in [3.63, 3.8) is 0 Å². The van der Waals surface area contributed by atoms with Crippen LogP contribution in [-0.4, -0.2) is 24.6 Å². The topological polar surface area (TPSA) is 75.3 Å². The summed E-state index contributed by atoms with van der Waals surface area (Å²) >= 11 is 1.38. The van der Waals surface area contributed by atoms with E-state index < -0.39 is 0 Å². The SMILES string of the molecule is CNC(=O)Cc1ccc(NC(=O)CCC(=O)c2cccs2)cc1. The van der Waals surface area contributed by atoms with Crippen molar-refractivity contribution < 1.29 is 14.4 Å². The van der Waals surface area contributed by atoms with Crippen molar-refractivity contribution in [1.82, 2.24) is 5.32 Å². The van der Waals surface area contributed by atoms with Gasteiger partial charge in [0.05, 0.1) is 11.3 Å². The molecule has 0 saturated carbocycles. The summed E-state index contributed by atoms with van der Waals surface area (Å²) in [7, 11) is 1.59. The fourth-order valence-electron chi connectivity index (χ4n) is 1.99. The van der Waals surface area contributed by atoms with E-state index in [0.29, 0.717) is 17.0 Å². The van der Waals surface area contributed by atoms with Crippen molar-refractivity contribution in [2.45, 2.75) is 19.3 Å². The Morgan fingerprint density at radius 3 is 2.35 bits per heavy atom. The predicted octanol–water partition coefficient (Wildman–Crippen LogP) is 2.64. The summed E-state index contributed by atoms with van der Waals surface area (Å²) in [6.07, 6.45) is 0.651. The fourth-order valence-corrected chi connectivity index (χ4v) is 2.69. The molecule has 1 aromatic heterocycles. The Kier molecular flexibility index (Phi) is 6.05. The number of rotatable bonds is 7. The number of carbonyl (C=O) groups is 3. The molecule has 1 aromatic carbocycles. The first-order chi connectivity index (χ1) is 11.1. The van der Waals surface area contributed by atoms with Crippen LogP contribution in [0.5, 0.6) is 0 Å². The molecule has 0 saturated heterocycles. The number of Topliss-reactive ketones (excluding diaryl/α,β-unsaturated/α-hetero) is 1. The van der Waals surface area contributed by atoms with E-state index in [1.807, 2.05) is 11.4 Å². The van der Waals surface area contributed by atoms with Crippen molar-refractivity contribution in [2.24, 2.45) is 0 Å². The third-order valence-corrected chi connectivity index (χ3v) is 4.17. The number of hydrogen-bond acceptors (Lipinski definition) is 4. The average molecular weight is 330 g/mol. The van der Waals surface area contributed by atoms with Crippen LogP contribution in [0.15, 0.2) is 41.8 Å². The summed E-state index contributed by atoms with van der Waals surface area (Å²) in [5.41, 5.74) is 1.52. The second kappa shape index (κ2) is 8.24. The van der Waals surface area contributed by atoms with Crippen molar-refractivity contribution in [3.8, 4) is 0 Å². The van der Waals surface area contributed by atoms with Crippen LogP contribution in [0.3, 0.4) is 0 Å². The minimum atomic E-state index is -0.200. The van der Waals surface area contributed by atoms with Crippen LogP contribution in [0.2, 0.25) is 0 Å². The van der Waals surface area contributed by atoms with Crippen molar-refractivity contribution in [2.75, 3.05) is 12.4 Å². The maximum atomic E-state index is 11.9. The molecule has 5 nitrogen and oxygen atoms in total. The first-order valence-corrected chi connectivity index (χ1v) is 8.12. The van der Waals surface area contributed by atoms with Gasteiger partial charge in [0.15, 0.2) is 5.78 Å². The van der Waals surface area contributed by atoms with E-state index in [1.54, 1.807) is 37.4 Å². The molecule has 6 heteroatoms. The maximum absolute atomic E-state index is 11.9. The van der Waals surface area contributed by atoms with E-state index in [9.17, 15) is 14.4 Å². The van der Waals surface area contributed by atoms with E-state index in [2.05, 4.69) is 10.6 Å². The fraction of sp³-hybridized carbons (Fsp3) is 0.235. The molecular formula is C17H18N2O3S. The monoisotopic (exact) mass is 330 g/mol. The highest BCUT2D eigenvalue weighted by molar-refractivity contribution is 7.12. The van der Waals surface area contributed by atoms with Crippen LogP contribution >= 0.6 is 11.3 Å². The van der Waals surface area contributed by atoms with Gasteiger partial charge in [-0.05, 0) is 29.1 Å². The Morgan fingerprint density at radius 2 is 1.74 bits per heavy atom. The van der Waals surface area contributed by atoms with Gasteiger partial charge in [-0.15, -0.1) is 11.3 Å². The summed E-state index contributed by atoms with van der Waals surface area (Å²) in [6.45, 7) is 0. The Labute approximate surface area is 138 Å². The quantitative estimate of drug-likeness (QED) is 0.766. The summed E-state index contributed by atoms with van der Waals surface area (Å²) < 4.78 is 0. The van der Waals surface area contributed by atoms with Crippen molar-refractivity contribution in [3.05, 3.63) is 52.2 Å². The highest BCUT2D eigenvalue weighted by atomic mass is 32.1. The Morgan fingerprint density at radius 1 is 1.00 bits per heavy atom. The number of hydrogen-bond donors (Lipinski definition) is 2. The van der Waals surface area contributed by atoms with Gasteiger partial charge in [-0.3, -0.25) is 14.4 Å². The lowest BCUT2D eigenvalue weighted by atomic mass is 10.1. The second-order valence-electron chi connectivity index (χ2n) is 5.00. The van der Waals surface area contributed by atoms with Crippen LogP contribution in [0.25, 0.3) is 0 Å². The third kappa shape index (κ3) is 5.34. The van der Waals surface area contributed by atoms with Gasteiger partial charge in [0.25, 0.3) is 0 Å². The minimum absolute atomic E-state index is 0.0175. The predicted molar refractivity (Wildman–Crippen MR) is 90.7 cm³/mol. The van der Waals surface area contributed by atoms with Crippen LogP contribution in [0.1, 0.15) is 28.1 Å². The van der Waals surface area contributed by atoms with Crippen LogP contribution in [0.4, 0.5) is 5.69 Å². The Bertz CT molecular complexity index is 678. The number of ketones is 1. The highest BCUT2D eigenvalue weighted by Crippen LogP contribution is 2.14. The van der Waals surface area contributed by atoms with E-state index in [-0.39, 0.29) is 30.4 Å². The zero-order valence-electron chi connectivity index (χ0n) is 12.8. The van der Waals surface area contributed by atoms with Gasteiger partial charge >= 0.3 is 0 Å². The number of carbonyl (C=O) groups excluding carboxylic acids is 3. The highest BCUT2D eigenvalue weighted by Gasteiger charge is 2.10. The summed E-state index contributed by atoms with van der Waals surface area (Å²) in [4.78, 5) is 35.7. The molecule has 0 fully saturated rings. The summed E-state index contributed by atoms with van der Waals surface area (Å²) in [6, 6.07) is 10.7. The lowest BCUT2D eigenvalue weighted by molar-refractivity contribution is -0.120. The molecule has 2 aromatic rings. The van der Waals surface area contributed by atoms with E-state index in [4.69, 9.17) is 0 Å². The van der Waals surface area contributed by atoms with Gasteiger partial charge in [0.2, 0.25) is 11.8 Å². The smallest absolute Gasteiger partial charge is 0.224 e. The molecule has 0 atom stereocenters. The molecule has 1 heterocycles. The third-order valence-electron chi connectivity index (χ3n) is 3.26. The van der Waals surface area contributed by atoms with Gasteiger partial charge < -0.3 is 10.6 Å². The zero-order valence-corrected chi connectivity index (χ0v) is 13.6. The number of anilines is 1. The molecule has 0 aliphatic carbocycles. The van der Waals surface area contributed by atoms with Crippen LogP contribution in [0, 0.1) is 0 Å². The second-order valence-corrected chi connectivity index (χ2v) is 5.94. The Balaban J connectivity index is 1.81. The van der Waals surface area contributed by atoms with Crippen molar-refractivity contribution >= 4 is 34.6 Å². The number of nitrogens with one attached hydrogen (secondary N) is 2. The summed E-state index contributed by atoms with van der Waals surface area (Å²) in [5.74, 6) is -0.279. The van der Waals surface area contributed by atoms with E-state index in [1.165, 1.54) is 11.3 Å². The molecule has 0 aliphatic rings. The molecule has 23 heavy (non-hydrogen) atoms. The normalized spacial score (nSPS) is 10.1. The van der Waals surface area contributed by atoms with Gasteiger partial charge in [0.1, 0.15) is 0 Å². The number of amides is 2. The van der Waals surface area contributed by atoms with Gasteiger partial charge in [0, 0.05) is 25.6 Å². The lowest BCUT2D eigenvalue weighted by Gasteiger charge is -2.06. The van der Waals surface area contributed by atoms with E-state index >= 15 is 0 Å². The minimum Gasteiger partial charge on any atom is -0.359 e. The molecule has 2 rings (SSSR count).